The third-order valence-electron chi connectivity index (χ3n) is 3.74. The number of nitrogens with one attached hydrogen (secondary N) is 1. The van der Waals surface area contributed by atoms with E-state index in [-0.39, 0.29) is 17.9 Å². The summed E-state index contributed by atoms with van der Waals surface area (Å²) in [5, 5.41) is 3.52. The molecule has 5 heteroatoms. The molecule has 0 atom stereocenters. The van der Waals surface area contributed by atoms with Gasteiger partial charge in [0.25, 0.3) is 5.91 Å². The summed E-state index contributed by atoms with van der Waals surface area (Å²) in [7, 11) is 0. The molecule has 2 aromatic carbocycles. The van der Waals surface area contributed by atoms with E-state index in [1.54, 1.807) is 24.3 Å². The first-order valence-corrected chi connectivity index (χ1v) is 8.00. The highest BCUT2D eigenvalue weighted by molar-refractivity contribution is 6.30. The number of para-hydroxylation sites is 1. The van der Waals surface area contributed by atoms with Crippen molar-refractivity contribution < 1.29 is 14.3 Å². The Kier molecular flexibility index (Phi) is 5.99. The zero-order valence-electron chi connectivity index (χ0n) is 13.7. The number of carbonyl (C=O) groups excluding carboxylic acids is 2. The van der Waals surface area contributed by atoms with Crippen molar-refractivity contribution in [2.24, 2.45) is 0 Å². The van der Waals surface area contributed by atoms with Gasteiger partial charge in [-0.1, -0.05) is 49.7 Å². The number of benzene rings is 2. The van der Waals surface area contributed by atoms with Gasteiger partial charge in [-0.25, -0.2) is 0 Å². The lowest BCUT2D eigenvalue weighted by Gasteiger charge is -2.26. The number of amides is 1. The molecule has 0 bridgehead atoms. The second-order valence-electron chi connectivity index (χ2n) is 6.12. The molecule has 0 spiro atoms. The average Bonchev–Trinajstić information content (AvgIpc) is 2.58. The molecule has 0 saturated carbocycles. The Labute approximate surface area is 146 Å². The van der Waals surface area contributed by atoms with Crippen LogP contribution < -0.4 is 10.1 Å². The first kappa shape index (κ1) is 18.0. The van der Waals surface area contributed by atoms with Crippen LogP contribution in [0.1, 0.15) is 29.8 Å². The maximum absolute atomic E-state index is 12.0. The Bertz CT molecular complexity index is 728. The molecule has 1 amide bonds. The zero-order valence-corrected chi connectivity index (χ0v) is 14.5. The topological polar surface area (TPSA) is 55.4 Å². The minimum Gasteiger partial charge on any atom is -0.483 e. The third kappa shape index (κ3) is 4.83. The van der Waals surface area contributed by atoms with Crippen molar-refractivity contribution in [1.29, 1.82) is 0 Å². The first-order valence-electron chi connectivity index (χ1n) is 7.62. The highest BCUT2D eigenvalue weighted by Crippen LogP contribution is 2.24. The minimum atomic E-state index is -0.263. The van der Waals surface area contributed by atoms with E-state index in [9.17, 15) is 9.59 Å². The molecule has 2 rings (SSSR count). The van der Waals surface area contributed by atoms with Gasteiger partial charge in [-0.2, -0.15) is 0 Å². The van der Waals surface area contributed by atoms with Crippen LogP contribution in [0.2, 0.25) is 5.02 Å². The summed E-state index contributed by atoms with van der Waals surface area (Å²) in [6.07, 6.45) is 0.704. The van der Waals surface area contributed by atoms with E-state index in [1.165, 1.54) is 0 Å². The lowest BCUT2D eigenvalue weighted by molar-refractivity contribution is -0.123. The van der Waals surface area contributed by atoms with Gasteiger partial charge in [-0.3, -0.25) is 9.59 Å². The van der Waals surface area contributed by atoms with Gasteiger partial charge in [0.2, 0.25) is 0 Å². The largest absolute Gasteiger partial charge is 0.483 e. The average molecular weight is 346 g/mol. The molecule has 0 aliphatic heterocycles. The first-order chi connectivity index (χ1) is 11.4. The minimum absolute atomic E-state index is 0.142. The van der Waals surface area contributed by atoms with Crippen LogP contribution in [-0.2, 0) is 10.2 Å². The molecule has 0 aliphatic carbocycles. The smallest absolute Gasteiger partial charge is 0.257 e. The molecular weight excluding hydrogens is 326 g/mol. The van der Waals surface area contributed by atoms with Crippen LogP contribution in [0, 0.1) is 0 Å². The quantitative estimate of drug-likeness (QED) is 0.780. The van der Waals surface area contributed by atoms with Gasteiger partial charge in [-0.05, 0) is 29.8 Å². The molecule has 24 heavy (non-hydrogen) atoms. The molecule has 1 N–H and O–H groups in total. The predicted octanol–water partition coefficient (Wildman–Crippen LogP) is 3.63. The second-order valence-corrected chi connectivity index (χ2v) is 6.55. The molecule has 0 radical (unpaired) electrons. The summed E-state index contributed by atoms with van der Waals surface area (Å²) >= 11 is 6.02. The van der Waals surface area contributed by atoms with E-state index < -0.39 is 0 Å². The number of halogens is 1. The number of aldehydes is 1. The predicted molar refractivity (Wildman–Crippen MR) is 94.8 cm³/mol. The molecule has 126 valence electrons. The van der Waals surface area contributed by atoms with Crippen LogP contribution in [0.25, 0.3) is 0 Å². The van der Waals surface area contributed by atoms with E-state index in [0.717, 1.165) is 5.56 Å². The lowest BCUT2D eigenvalue weighted by Crippen LogP contribution is -2.39. The number of rotatable bonds is 7. The Hall–Kier alpha value is -2.33. The van der Waals surface area contributed by atoms with Gasteiger partial charge < -0.3 is 10.1 Å². The molecule has 4 nitrogen and oxygen atoms in total. The fourth-order valence-corrected chi connectivity index (χ4v) is 2.43. The fraction of sp³-hybridized carbons (Fsp3) is 0.263. The van der Waals surface area contributed by atoms with Crippen LogP contribution in [0.4, 0.5) is 0 Å². The van der Waals surface area contributed by atoms with Gasteiger partial charge in [0.05, 0.1) is 5.56 Å². The maximum atomic E-state index is 12.0. The van der Waals surface area contributed by atoms with Crippen molar-refractivity contribution in [1.82, 2.24) is 5.32 Å². The van der Waals surface area contributed by atoms with E-state index in [1.807, 2.05) is 38.1 Å². The monoisotopic (exact) mass is 345 g/mol. The zero-order chi connectivity index (χ0) is 17.6. The number of ether oxygens (including phenoxy) is 1. The third-order valence-corrected chi connectivity index (χ3v) is 3.97. The molecule has 0 aliphatic rings. The van der Waals surface area contributed by atoms with Gasteiger partial charge in [0.1, 0.15) is 5.75 Å². The van der Waals surface area contributed by atoms with E-state index in [0.29, 0.717) is 29.2 Å². The molecule has 0 aromatic heterocycles. The number of carbonyl (C=O) groups is 2. The second kappa shape index (κ2) is 7.97. The Balaban J connectivity index is 1.89. The summed E-state index contributed by atoms with van der Waals surface area (Å²) in [4.78, 5) is 22.9. The van der Waals surface area contributed by atoms with E-state index >= 15 is 0 Å². The molecule has 0 saturated heterocycles. The van der Waals surface area contributed by atoms with Crippen LogP contribution in [-0.4, -0.2) is 25.3 Å². The van der Waals surface area contributed by atoms with Crippen LogP contribution in [0.5, 0.6) is 5.75 Å². The molecule has 2 aromatic rings. The number of hydrogen-bond acceptors (Lipinski definition) is 3. The van der Waals surface area contributed by atoms with Crippen molar-refractivity contribution in [2.75, 3.05) is 13.2 Å². The van der Waals surface area contributed by atoms with Crippen molar-refractivity contribution in [2.45, 2.75) is 19.3 Å². The highest BCUT2D eigenvalue weighted by Gasteiger charge is 2.21. The molecule has 0 heterocycles. The van der Waals surface area contributed by atoms with Crippen LogP contribution in [0.15, 0.2) is 48.5 Å². The van der Waals surface area contributed by atoms with Crippen molar-refractivity contribution in [3.63, 3.8) is 0 Å². The molecule has 0 unspecified atom stereocenters. The SMILES string of the molecule is CC(C)(CNC(=O)COc1ccccc1C=O)c1cccc(Cl)c1. The van der Waals surface area contributed by atoms with Crippen molar-refractivity contribution in [3.05, 3.63) is 64.7 Å². The standard InChI is InChI=1S/C19H20ClNO3/c1-19(2,15-7-5-8-16(20)10-15)13-21-18(23)12-24-17-9-4-3-6-14(17)11-22/h3-11H,12-13H2,1-2H3,(H,21,23). The number of hydrogen-bond donors (Lipinski definition) is 1. The summed E-state index contributed by atoms with van der Waals surface area (Å²) < 4.78 is 5.42. The fourth-order valence-electron chi connectivity index (χ4n) is 2.23. The van der Waals surface area contributed by atoms with Gasteiger partial charge in [-0.15, -0.1) is 0 Å². The van der Waals surface area contributed by atoms with Crippen molar-refractivity contribution >= 4 is 23.8 Å². The summed E-state index contributed by atoms with van der Waals surface area (Å²) in [6, 6.07) is 14.4. The normalized spacial score (nSPS) is 11.0. The maximum Gasteiger partial charge on any atom is 0.257 e. The summed E-state index contributed by atoms with van der Waals surface area (Å²) in [5.41, 5.74) is 1.20. The summed E-state index contributed by atoms with van der Waals surface area (Å²) in [6.45, 7) is 4.37. The van der Waals surface area contributed by atoms with Crippen LogP contribution >= 0.6 is 11.6 Å². The van der Waals surface area contributed by atoms with Crippen molar-refractivity contribution in [3.8, 4) is 5.75 Å². The van der Waals surface area contributed by atoms with E-state index in [2.05, 4.69) is 5.32 Å². The summed E-state index contributed by atoms with van der Waals surface area (Å²) in [5.74, 6) is 0.155. The molecular formula is C19H20ClNO3. The lowest BCUT2D eigenvalue weighted by atomic mass is 9.84. The van der Waals surface area contributed by atoms with E-state index in [4.69, 9.17) is 16.3 Å². The van der Waals surface area contributed by atoms with Gasteiger partial charge in [0, 0.05) is 17.0 Å². The Morgan fingerprint density at radius 1 is 1.21 bits per heavy atom. The van der Waals surface area contributed by atoms with Gasteiger partial charge >= 0.3 is 0 Å². The Morgan fingerprint density at radius 2 is 1.96 bits per heavy atom. The van der Waals surface area contributed by atoms with Gasteiger partial charge in [0.15, 0.2) is 12.9 Å². The van der Waals surface area contributed by atoms with Crippen LogP contribution in [0.3, 0.4) is 0 Å². The Morgan fingerprint density at radius 3 is 2.67 bits per heavy atom. The molecule has 0 fully saturated rings. The highest BCUT2D eigenvalue weighted by atomic mass is 35.5.